The predicted molar refractivity (Wildman–Crippen MR) is 153 cm³/mol. The first-order valence-corrected chi connectivity index (χ1v) is 13.7. The van der Waals surface area contributed by atoms with Gasteiger partial charge in [-0.2, -0.15) is 0 Å². The molecular formula is C34H42N2. The van der Waals surface area contributed by atoms with Gasteiger partial charge in [-0.3, -0.25) is 0 Å². The Bertz CT molecular complexity index is 1330. The van der Waals surface area contributed by atoms with Gasteiger partial charge in [0.15, 0.2) is 0 Å². The van der Waals surface area contributed by atoms with Crippen molar-refractivity contribution in [3.05, 3.63) is 105 Å². The van der Waals surface area contributed by atoms with Crippen LogP contribution in [0.5, 0.6) is 0 Å². The Morgan fingerprint density at radius 2 is 0.944 bits per heavy atom. The van der Waals surface area contributed by atoms with Crippen LogP contribution in [-0.4, -0.2) is 9.13 Å². The third-order valence-electron chi connectivity index (χ3n) is 8.79. The van der Waals surface area contributed by atoms with Crippen LogP contribution in [0.2, 0.25) is 0 Å². The second kappa shape index (κ2) is 9.14. The maximum atomic E-state index is 2.50. The Morgan fingerprint density at radius 3 is 1.33 bits per heavy atom. The standard InChI is InChI=1S/C34H42N2/c1-22-12-14-32(24(3)18-22)35-26(5)20-30(28(35)7)34(16-10-9-11-17-34)31-21-27(6)36(29(31)8)33-15-13-23(2)19-25(33)4/h12-15,18-21H,9-11,16-17H2,1-8H3. The Labute approximate surface area is 218 Å². The van der Waals surface area contributed by atoms with E-state index in [1.54, 1.807) is 0 Å². The molecule has 1 fully saturated rings. The smallest absolute Gasteiger partial charge is 0.0484 e. The highest BCUT2D eigenvalue weighted by molar-refractivity contribution is 5.55. The van der Waals surface area contributed by atoms with E-state index in [-0.39, 0.29) is 5.41 Å². The molecule has 4 aromatic rings. The monoisotopic (exact) mass is 478 g/mol. The first kappa shape index (κ1) is 24.7. The van der Waals surface area contributed by atoms with Crippen LogP contribution in [-0.2, 0) is 5.41 Å². The minimum absolute atomic E-state index is 0.0651. The van der Waals surface area contributed by atoms with Crippen LogP contribution in [0.15, 0.2) is 48.5 Å². The van der Waals surface area contributed by atoms with E-state index in [0.29, 0.717) is 0 Å². The molecule has 0 aliphatic heterocycles. The fourth-order valence-corrected chi connectivity index (χ4v) is 7.19. The van der Waals surface area contributed by atoms with Crippen molar-refractivity contribution >= 4 is 0 Å². The van der Waals surface area contributed by atoms with Gasteiger partial charge in [-0.15, -0.1) is 0 Å². The molecular weight excluding hydrogens is 436 g/mol. The number of benzene rings is 2. The number of hydrogen-bond donors (Lipinski definition) is 0. The zero-order valence-electron chi connectivity index (χ0n) is 23.5. The molecule has 2 aromatic heterocycles. The highest BCUT2D eigenvalue weighted by Crippen LogP contribution is 2.49. The summed E-state index contributed by atoms with van der Waals surface area (Å²) in [4.78, 5) is 0. The quantitative estimate of drug-likeness (QED) is 0.277. The Kier molecular flexibility index (Phi) is 6.27. The van der Waals surface area contributed by atoms with Crippen LogP contribution in [0.25, 0.3) is 11.4 Å². The Balaban J connectivity index is 1.72. The molecule has 2 heteroatoms. The largest absolute Gasteiger partial charge is 0.318 e. The average Bonchev–Trinajstić information content (AvgIpc) is 3.30. The van der Waals surface area contributed by atoms with E-state index in [2.05, 4.69) is 113 Å². The van der Waals surface area contributed by atoms with Crippen LogP contribution in [0.4, 0.5) is 0 Å². The van der Waals surface area contributed by atoms with Crippen LogP contribution < -0.4 is 0 Å². The molecule has 5 rings (SSSR count). The lowest BCUT2D eigenvalue weighted by Crippen LogP contribution is -2.31. The van der Waals surface area contributed by atoms with Gasteiger partial charge in [0.25, 0.3) is 0 Å². The van der Waals surface area contributed by atoms with E-state index < -0.39 is 0 Å². The predicted octanol–water partition coefficient (Wildman–Crippen LogP) is 8.99. The van der Waals surface area contributed by atoms with Crippen molar-refractivity contribution in [2.45, 2.75) is 92.9 Å². The molecule has 0 unspecified atom stereocenters. The fourth-order valence-electron chi connectivity index (χ4n) is 7.19. The highest BCUT2D eigenvalue weighted by Gasteiger charge is 2.41. The molecule has 188 valence electrons. The van der Waals surface area contributed by atoms with Crippen molar-refractivity contribution in [1.82, 2.24) is 9.13 Å². The Morgan fingerprint density at radius 1 is 0.528 bits per heavy atom. The third kappa shape index (κ3) is 3.86. The average molecular weight is 479 g/mol. The summed E-state index contributed by atoms with van der Waals surface area (Å²) in [5, 5.41) is 0. The fraction of sp³-hybridized carbons (Fsp3) is 0.412. The zero-order valence-corrected chi connectivity index (χ0v) is 23.5. The summed E-state index contributed by atoms with van der Waals surface area (Å²) < 4.78 is 5.01. The summed E-state index contributed by atoms with van der Waals surface area (Å²) in [6.07, 6.45) is 6.37. The molecule has 1 saturated carbocycles. The van der Waals surface area contributed by atoms with Gasteiger partial charge < -0.3 is 9.13 Å². The van der Waals surface area contributed by atoms with Gasteiger partial charge in [-0.25, -0.2) is 0 Å². The molecule has 0 saturated heterocycles. The molecule has 0 spiro atoms. The van der Waals surface area contributed by atoms with Crippen LogP contribution >= 0.6 is 0 Å². The van der Waals surface area contributed by atoms with E-state index in [1.165, 1.54) is 99.6 Å². The molecule has 1 aliphatic carbocycles. The first-order chi connectivity index (χ1) is 17.1. The number of hydrogen-bond acceptors (Lipinski definition) is 0. The van der Waals surface area contributed by atoms with Gasteiger partial charge in [0.1, 0.15) is 0 Å². The van der Waals surface area contributed by atoms with Gasteiger partial charge in [0.2, 0.25) is 0 Å². The SMILES string of the molecule is Cc1ccc(-n2c(C)cc(C3(c4cc(C)n(-c5ccc(C)cc5C)c4C)CCCCC3)c2C)c(C)c1. The minimum Gasteiger partial charge on any atom is -0.318 e. The molecule has 0 bridgehead atoms. The molecule has 0 amide bonds. The molecule has 36 heavy (non-hydrogen) atoms. The van der Waals surface area contributed by atoms with Gasteiger partial charge >= 0.3 is 0 Å². The number of aromatic nitrogens is 2. The number of nitrogens with zero attached hydrogens (tertiary/aromatic N) is 2. The maximum absolute atomic E-state index is 2.50. The van der Waals surface area contributed by atoms with Crippen molar-refractivity contribution < 1.29 is 0 Å². The molecule has 0 radical (unpaired) electrons. The Hall–Kier alpha value is -3.00. The summed E-state index contributed by atoms with van der Waals surface area (Å²) in [5.41, 5.74) is 16.5. The molecule has 0 atom stereocenters. The van der Waals surface area contributed by atoms with Crippen LogP contribution in [0.3, 0.4) is 0 Å². The summed E-state index contributed by atoms with van der Waals surface area (Å²) >= 11 is 0. The van der Waals surface area contributed by atoms with Gasteiger partial charge in [0.05, 0.1) is 0 Å². The third-order valence-corrected chi connectivity index (χ3v) is 8.79. The van der Waals surface area contributed by atoms with Crippen molar-refractivity contribution in [2.24, 2.45) is 0 Å². The lowest BCUT2D eigenvalue weighted by atomic mass is 9.65. The van der Waals surface area contributed by atoms with E-state index >= 15 is 0 Å². The second-order valence-electron chi connectivity index (χ2n) is 11.5. The van der Waals surface area contributed by atoms with E-state index in [4.69, 9.17) is 0 Å². The minimum atomic E-state index is 0.0651. The molecule has 0 N–H and O–H groups in total. The van der Waals surface area contributed by atoms with E-state index in [1.807, 2.05) is 0 Å². The maximum Gasteiger partial charge on any atom is 0.0484 e. The molecule has 1 aliphatic rings. The van der Waals surface area contributed by atoms with Gasteiger partial charge in [-0.1, -0.05) is 54.7 Å². The number of rotatable bonds is 4. The van der Waals surface area contributed by atoms with Crippen LogP contribution in [0, 0.1) is 55.4 Å². The molecule has 2 heterocycles. The summed E-state index contributed by atoms with van der Waals surface area (Å²) in [6.45, 7) is 18.1. The number of aryl methyl sites for hydroxylation is 6. The lowest BCUT2D eigenvalue weighted by molar-refractivity contribution is 0.343. The van der Waals surface area contributed by atoms with Crippen LogP contribution in [0.1, 0.15) is 88.3 Å². The topological polar surface area (TPSA) is 9.86 Å². The van der Waals surface area contributed by atoms with Gasteiger partial charge in [0, 0.05) is 39.6 Å². The van der Waals surface area contributed by atoms with Gasteiger partial charge in [-0.05, 0) is 115 Å². The molecule has 2 aromatic carbocycles. The second-order valence-corrected chi connectivity index (χ2v) is 11.5. The summed E-state index contributed by atoms with van der Waals surface area (Å²) in [7, 11) is 0. The van der Waals surface area contributed by atoms with Crippen molar-refractivity contribution in [1.29, 1.82) is 0 Å². The van der Waals surface area contributed by atoms with Crippen molar-refractivity contribution in [3.8, 4) is 11.4 Å². The zero-order chi connectivity index (χ0) is 25.8. The van der Waals surface area contributed by atoms with E-state index in [0.717, 1.165) is 0 Å². The lowest BCUT2D eigenvalue weighted by Gasteiger charge is -2.38. The summed E-state index contributed by atoms with van der Waals surface area (Å²) in [6, 6.07) is 18.7. The normalized spacial score (nSPS) is 15.4. The van der Waals surface area contributed by atoms with Crippen molar-refractivity contribution in [2.75, 3.05) is 0 Å². The first-order valence-electron chi connectivity index (χ1n) is 13.7. The summed E-state index contributed by atoms with van der Waals surface area (Å²) in [5.74, 6) is 0. The highest BCUT2D eigenvalue weighted by atomic mass is 15.0. The molecule has 2 nitrogen and oxygen atoms in total. The van der Waals surface area contributed by atoms with E-state index in [9.17, 15) is 0 Å². The van der Waals surface area contributed by atoms with Crippen molar-refractivity contribution in [3.63, 3.8) is 0 Å².